The molecule has 26 heavy (non-hydrogen) atoms. The topological polar surface area (TPSA) is 32.3 Å². The largest absolute Gasteiger partial charge is 0.335 e. The average molecular weight is 371 g/mol. The predicted octanol–water partition coefficient (Wildman–Crippen LogP) is 3.98. The number of fused-ring (bicyclic) bond motifs is 2. The molecule has 1 amide bonds. The van der Waals surface area contributed by atoms with E-state index in [1.165, 1.54) is 17.5 Å². The number of benzene rings is 2. The molecule has 2 fully saturated rings. The Morgan fingerprint density at radius 2 is 1.50 bits per heavy atom. The molecule has 138 valence electrons. The Morgan fingerprint density at radius 1 is 0.923 bits per heavy atom. The number of hydrogen-bond donors (Lipinski definition) is 1. The summed E-state index contributed by atoms with van der Waals surface area (Å²) in [5.74, 6) is 0.444. The van der Waals surface area contributed by atoms with Crippen LogP contribution in [0.4, 0.5) is 0 Å². The van der Waals surface area contributed by atoms with Crippen LogP contribution in [0.15, 0.2) is 60.7 Å². The van der Waals surface area contributed by atoms with Crippen molar-refractivity contribution in [2.24, 2.45) is 0 Å². The molecule has 0 aromatic heterocycles. The fraction of sp³-hybridized carbons (Fsp3) is 0.409. The number of carbonyl (C=O) groups excluding carboxylic acids is 1. The minimum absolute atomic E-state index is 0. The Balaban J connectivity index is 0.00000196. The zero-order chi connectivity index (χ0) is 17.1. The van der Waals surface area contributed by atoms with E-state index >= 15 is 0 Å². The Labute approximate surface area is 162 Å². The summed E-state index contributed by atoms with van der Waals surface area (Å²) >= 11 is 0. The highest BCUT2D eigenvalue weighted by Gasteiger charge is 2.38. The van der Waals surface area contributed by atoms with E-state index in [0.29, 0.717) is 24.4 Å². The van der Waals surface area contributed by atoms with Crippen molar-refractivity contribution in [3.8, 4) is 0 Å². The third-order valence-electron chi connectivity index (χ3n) is 5.72. The molecule has 2 heterocycles. The van der Waals surface area contributed by atoms with E-state index in [4.69, 9.17) is 0 Å². The lowest BCUT2D eigenvalue weighted by atomic mass is 9.88. The number of nitrogens with one attached hydrogen (secondary N) is 1. The second-order valence-corrected chi connectivity index (χ2v) is 7.26. The molecule has 2 aromatic rings. The molecule has 2 bridgehead atoms. The van der Waals surface area contributed by atoms with Crippen molar-refractivity contribution < 1.29 is 4.79 Å². The molecule has 1 N–H and O–H groups in total. The van der Waals surface area contributed by atoms with E-state index in [2.05, 4.69) is 58.7 Å². The molecule has 3 nitrogen and oxygen atoms in total. The first-order chi connectivity index (χ1) is 12.3. The van der Waals surface area contributed by atoms with E-state index < -0.39 is 0 Å². The summed E-state index contributed by atoms with van der Waals surface area (Å²) in [4.78, 5) is 15.5. The van der Waals surface area contributed by atoms with Gasteiger partial charge in [-0.2, -0.15) is 0 Å². The smallest absolute Gasteiger partial charge is 0.224 e. The van der Waals surface area contributed by atoms with E-state index in [1.807, 2.05) is 12.1 Å². The highest BCUT2D eigenvalue weighted by molar-refractivity contribution is 5.85. The molecule has 2 aliphatic heterocycles. The van der Waals surface area contributed by atoms with Crippen LogP contribution in [0.25, 0.3) is 0 Å². The van der Waals surface area contributed by atoms with Gasteiger partial charge in [0, 0.05) is 31.0 Å². The minimum atomic E-state index is 0. The maximum absolute atomic E-state index is 13.3. The normalized spacial score (nSPS) is 22.0. The van der Waals surface area contributed by atoms with Crippen LogP contribution in [0.2, 0.25) is 0 Å². The molecule has 0 aliphatic carbocycles. The van der Waals surface area contributed by atoms with Gasteiger partial charge in [-0.3, -0.25) is 4.79 Å². The first-order valence-electron chi connectivity index (χ1n) is 9.44. The summed E-state index contributed by atoms with van der Waals surface area (Å²) in [6.45, 7) is 1.98. The number of halogens is 1. The SMILES string of the molecule is Cl.O=C(CC(c1ccccc1)c1ccccc1)N1C2CCNCC1CC2. The van der Waals surface area contributed by atoms with Crippen LogP contribution >= 0.6 is 12.4 Å². The van der Waals surface area contributed by atoms with E-state index in [0.717, 1.165) is 25.9 Å². The van der Waals surface area contributed by atoms with E-state index in [9.17, 15) is 4.79 Å². The van der Waals surface area contributed by atoms with Crippen LogP contribution in [0, 0.1) is 0 Å². The van der Waals surface area contributed by atoms with Gasteiger partial charge in [0.15, 0.2) is 0 Å². The molecule has 0 radical (unpaired) electrons. The molecule has 2 atom stereocenters. The average Bonchev–Trinajstić information content (AvgIpc) is 2.94. The van der Waals surface area contributed by atoms with Crippen LogP contribution in [0.5, 0.6) is 0 Å². The quantitative estimate of drug-likeness (QED) is 0.882. The van der Waals surface area contributed by atoms with E-state index in [1.54, 1.807) is 0 Å². The highest BCUT2D eigenvalue weighted by Crippen LogP contribution is 2.33. The predicted molar refractivity (Wildman–Crippen MR) is 108 cm³/mol. The number of rotatable bonds is 4. The van der Waals surface area contributed by atoms with Crippen LogP contribution < -0.4 is 5.32 Å². The van der Waals surface area contributed by atoms with Crippen LogP contribution in [0.3, 0.4) is 0 Å². The number of hydrogen-bond acceptors (Lipinski definition) is 2. The summed E-state index contributed by atoms with van der Waals surface area (Å²) in [6.07, 6.45) is 3.95. The van der Waals surface area contributed by atoms with Crippen molar-refractivity contribution >= 4 is 18.3 Å². The molecule has 2 aliphatic rings. The van der Waals surface area contributed by atoms with Gasteiger partial charge in [0.1, 0.15) is 0 Å². The Bertz CT molecular complexity index is 653. The lowest BCUT2D eigenvalue weighted by Crippen LogP contribution is -2.43. The number of carbonyl (C=O) groups is 1. The van der Waals surface area contributed by atoms with Crippen molar-refractivity contribution in [1.82, 2.24) is 10.2 Å². The lowest BCUT2D eigenvalue weighted by Gasteiger charge is -2.30. The zero-order valence-corrected chi connectivity index (χ0v) is 15.8. The molecule has 0 spiro atoms. The summed E-state index contributed by atoms with van der Waals surface area (Å²) in [5.41, 5.74) is 2.45. The van der Waals surface area contributed by atoms with Crippen molar-refractivity contribution in [2.75, 3.05) is 13.1 Å². The first kappa shape index (κ1) is 18.9. The number of nitrogens with zero attached hydrogens (tertiary/aromatic N) is 1. The maximum Gasteiger partial charge on any atom is 0.224 e. The van der Waals surface area contributed by atoms with Gasteiger partial charge in [-0.25, -0.2) is 0 Å². The molecule has 2 saturated heterocycles. The van der Waals surface area contributed by atoms with Crippen molar-refractivity contribution in [2.45, 2.75) is 43.7 Å². The van der Waals surface area contributed by atoms with Crippen LogP contribution in [-0.4, -0.2) is 36.0 Å². The maximum atomic E-state index is 13.3. The third-order valence-corrected chi connectivity index (χ3v) is 5.72. The molecular formula is C22H27ClN2O. The molecule has 2 unspecified atom stereocenters. The molecule has 4 heteroatoms. The molecular weight excluding hydrogens is 344 g/mol. The Morgan fingerprint density at radius 3 is 2.12 bits per heavy atom. The van der Waals surface area contributed by atoms with E-state index in [-0.39, 0.29) is 18.3 Å². The zero-order valence-electron chi connectivity index (χ0n) is 15.0. The molecule has 2 aromatic carbocycles. The van der Waals surface area contributed by atoms with Gasteiger partial charge in [0.05, 0.1) is 0 Å². The van der Waals surface area contributed by atoms with Crippen molar-refractivity contribution in [3.63, 3.8) is 0 Å². The summed E-state index contributed by atoms with van der Waals surface area (Å²) in [7, 11) is 0. The Hall–Kier alpha value is -1.84. The standard InChI is InChI=1S/C22H26N2O.ClH/c25-22(24-19-11-12-20(24)16-23-14-13-19)15-21(17-7-3-1-4-8-17)18-9-5-2-6-10-18;/h1-10,19-21,23H,11-16H2;1H. The van der Waals surface area contributed by atoms with Gasteiger partial charge < -0.3 is 10.2 Å². The van der Waals surface area contributed by atoms with Crippen molar-refractivity contribution in [1.29, 1.82) is 0 Å². The van der Waals surface area contributed by atoms with Gasteiger partial charge >= 0.3 is 0 Å². The highest BCUT2D eigenvalue weighted by atomic mass is 35.5. The first-order valence-corrected chi connectivity index (χ1v) is 9.44. The Kier molecular flexibility index (Phi) is 6.33. The lowest BCUT2D eigenvalue weighted by molar-refractivity contribution is -0.134. The third kappa shape index (κ3) is 3.94. The van der Waals surface area contributed by atoms with Gasteiger partial charge in [-0.15, -0.1) is 12.4 Å². The summed E-state index contributed by atoms with van der Waals surface area (Å²) < 4.78 is 0. The van der Waals surface area contributed by atoms with Gasteiger partial charge in [-0.1, -0.05) is 60.7 Å². The fourth-order valence-corrected chi connectivity index (χ4v) is 4.47. The molecule has 4 rings (SSSR count). The monoisotopic (exact) mass is 370 g/mol. The van der Waals surface area contributed by atoms with Gasteiger partial charge in [-0.05, 0) is 36.9 Å². The van der Waals surface area contributed by atoms with Gasteiger partial charge in [0.2, 0.25) is 5.91 Å². The van der Waals surface area contributed by atoms with Crippen molar-refractivity contribution in [3.05, 3.63) is 71.8 Å². The second-order valence-electron chi connectivity index (χ2n) is 7.26. The second kappa shape index (κ2) is 8.70. The molecule has 0 saturated carbocycles. The fourth-order valence-electron chi connectivity index (χ4n) is 4.47. The summed E-state index contributed by atoms with van der Waals surface area (Å²) in [6, 6.07) is 21.7. The van der Waals surface area contributed by atoms with Gasteiger partial charge in [0.25, 0.3) is 0 Å². The van der Waals surface area contributed by atoms with Crippen LogP contribution in [0.1, 0.15) is 42.7 Å². The summed E-state index contributed by atoms with van der Waals surface area (Å²) in [5, 5.41) is 3.49. The minimum Gasteiger partial charge on any atom is -0.335 e. The number of amides is 1. The van der Waals surface area contributed by atoms with Crippen LogP contribution in [-0.2, 0) is 4.79 Å².